The number of rotatable bonds is 4. The molecule has 1 aliphatic rings. The summed E-state index contributed by atoms with van der Waals surface area (Å²) in [6, 6.07) is 1.59. The van der Waals surface area contributed by atoms with Crippen molar-refractivity contribution in [1.82, 2.24) is 24.6 Å². The highest BCUT2D eigenvalue weighted by Crippen LogP contribution is 2.26. The van der Waals surface area contributed by atoms with E-state index < -0.39 is 5.82 Å². The Morgan fingerprint density at radius 3 is 2.48 bits per heavy atom. The largest absolute Gasteiger partial charge is 0.393 e. The van der Waals surface area contributed by atoms with Crippen LogP contribution in [0.1, 0.15) is 51.0 Å². The normalized spacial score (nSPS) is 18.9. The van der Waals surface area contributed by atoms with E-state index in [2.05, 4.69) is 39.2 Å². The molecule has 158 valence electrons. The summed E-state index contributed by atoms with van der Waals surface area (Å²) >= 11 is 0. The van der Waals surface area contributed by atoms with Gasteiger partial charge in [0.1, 0.15) is 5.82 Å². The molecule has 3 heterocycles. The zero-order valence-corrected chi connectivity index (χ0v) is 18.4. The van der Waals surface area contributed by atoms with Gasteiger partial charge in [0, 0.05) is 23.4 Å². The summed E-state index contributed by atoms with van der Waals surface area (Å²) in [5.74, 6) is 0.806. The van der Waals surface area contributed by atoms with E-state index in [1.54, 1.807) is 16.9 Å². The first-order valence-electron chi connectivity index (χ1n) is 9.32. The number of aliphatic hydroxyl groups is 1. The van der Waals surface area contributed by atoms with Crippen LogP contribution in [0.3, 0.4) is 0 Å². The topological polar surface area (TPSA) is 88.2 Å². The fourth-order valence-corrected chi connectivity index (χ4v) is 3.46. The van der Waals surface area contributed by atoms with Crippen molar-refractivity contribution in [1.29, 1.82) is 0 Å². The summed E-state index contributed by atoms with van der Waals surface area (Å²) in [6.07, 6.45) is 7.56. The third-order valence-electron chi connectivity index (χ3n) is 5.01. The van der Waals surface area contributed by atoms with Crippen molar-refractivity contribution in [2.75, 3.05) is 5.32 Å². The van der Waals surface area contributed by atoms with Crippen molar-refractivity contribution >= 4 is 38.6 Å². The number of aromatic nitrogens is 5. The second-order valence-electron chi connectivity index (χ2n) is 7.40. The van der Waals surface area contributed by atoms with Crippen LogP contribution in [0.15, 0.2) is 24.7 Å². The van der Waals surface area contributed by atoms with Gasteiger partial charge in [-0.2, -0.15) is 41.6 Å². The van der Waals surface area contributed by atoms with Crippen molar-refractivity contribution in [3.63, 3.8) is 0 Å². The molecule has 29 heavy (non-hydrogen) atoms. The maximum Gasteiger partial charge on any atom is 0.228 e. The lowest BCUT2D eigenvalue weighted by Gasteiger charge is -2.26. The first-order chi connectivity index (χ1) is 13.0. The fraction of sp³-hybridized carbons (Fsp3) is 0.474. The quantitative estimate of drug-likeness (QED) is 0.649. The average molecular weight is 439 g/mol. The number of anilines is 1. The van der Waals surface area contributed by atoms with Gasteiger partial charge in [-0.15, -0.1) is 0 Å². The number of fused-ring (bicyclic) bond motifs is 1. The highest BCUT2D eigenvalue weighted by Gasteiger charge is 2.22. The highest BCUT2D eigenvalue weighted by atomic mass is 32.1. The van der Waals surface area contributed by atoms with Crippen molar-refractivity contribution in [2.45, 2.75) is 57.6 Å². The van der Waals surface area contributed by atoms with E-state index in [1.165, 1.54) is 6.07 Å². The van der Waals surface area contributed by atoms with Crippen LogP contribution in [0.5, 0.6) is 0 Å². The number of pyridine rings is 1. The van der Waals surface area contributed by atoms with Crippen molar-refractivity contribution < 1.29 is 9.50 Å². The number of nitrogens with zero attached hydrogens (tertiary/aromatic N) is 5. The van der Waals surface area contributed by atoms with Gasteiger partial charge in [0.2, 0.25) is 5.95 Å². The smallest absolute Gasteiger partial charge is 0.228 e. The second-order valence-corrected chi connectivity index (χ2v) is 7.40. The molecule has 0 amide bonds. The van der Waals surface area contributed by atoms with E-state index in [-0.39, 0.29) is 45.1 Å². The van der Waals surface area contributed by atoms with Crippen molar-refractivity contribution in [2.24, 2.45) is 0 Å². The van der Waals surface area contributed by atoms with Gasteiger partial charge in [-0.3, -0.25) is 4.98 Å². The number of hydrogen-bond donors (Lipinski definition) is 2. The van der Waals surface area contributed by atoms with Crippen LogP contribution < -0.4 is 5.32 Å². The van der Waals surface area contributed by atoms with E-state index in [9.17, 15) is 9.50 Å². The third-order valence-corrected chi connectivity index (χ3v) is 5.01. The van der Waals surface area contributed by atoms with E-state index in [0.29, 0.717) is 23.0 Å². The molecule has 1 saturated carbocycles. The molecule has 1 fully saturated rings. The summed E-state index contributed by atoms with van der Waals surface area (Å²) in [4.78, 5) is 13.2. The molecule has 3 aromatic rings. The molecule has 0 atom stereocenters. The standard InChI is InChI=1S/C19H23FN6O.2H2S/c1-11(2)16-10-22-26-18(16)24-17(12-7-13(20)9-21-8-12)25-19(26)23-14-3-5-15(27)6-4-14;;/h7-11,14-15,27H,3-6H2,1-2H3,(H,23,24,25);2*1H2. The first-order valence-corrected chi connectivity index (χ1v) is 9.32. The van der Waals surface area contributed by atoms with Gasteiger partial charge in [-0.25, -0.2) is 9.37 Å². The Labute approximate surface area is 183 Å². The van der Waals surface area contributed by atoms with Crippen LogP contribution in [0.2, 0.25) is 0 Å². The maximum absolute atomic E-state index is 13.6. The molecule has 7 nitrogen and oxygen atoms in total. The van der Waals surface area contributed by atoms with E-state index >= 15 is 0 Å². The van der Waals surface area contributed by atoms with E-state index in [1.807, 2.05) is 0 Å². The Morgan fingerprint density at radius 1 is 1.10 bits per heavy atom. The number of nitrogens with one attached hydrogen (secondary N) is 1. The molecule has 10 heteroatoms. The lowest BCUT2D eigenvalue weighted by molar-refractivity contribution is 0.126. The predicted octanol–water partition coefficient (Wildman–Crippen LogP) is 3.39. The molecule has 0 bridgehead atoms. The van der Waals surface area contributed by atoms with Crippen LogP contribution in [0.25, 0.3) is 17.0 Å². The SMILES string of the molecule is CC(C)c1cnn2c(NC3CCC(O)CC3)nc(-c3cncc(F)c3)nc12.S.S. The van der Waals surface area contributed by atoms with Crippen molar-refractivity contribution in [3.8, 4) is 11.4 Å². The Kier molecular flexibility index (Phi) is 7.84. The fourth-order valence-electron chi connectivity index (χ4n) is 3.46. The molecule has 0 aliphatic heterocycles. The monoisotopic (exact) mass is 438 g/mol. The minimum absolute atomic E-state index is 0. The second kappa shape index (κ2) is 9.73. The van der Waals surface area contributed by atoms with Gasteiger partial charge in [0.15, 0.2) is 11.5 Å². The Hall–Kier alpha value is -1.91. The number of halogens is 1. The average Bonchev–Trinajstić information content (AvgIpc) is 3.08. The van der Waals surface area contributed by atoms with Crippen LogP contribution in [-0.4, -0.2) is 41.8 Å². The summed E-state index contributed by atoms with van der Waals surface area (Å²) in [6.45, 7) is 4.16. The molecular weight excluding hydrogens is 411 g/mol. The Bertz CT molecular complexity index is 959. The molecule has 4 rings (SSSR count). The van der Waals surface area contributed by atoms with Gasteiger partial charge >= 0.3 is 0 Å². The predicted molar refractivity (Wildman–Crippen MR) is 121 cm³/mol. The van der Waals surface area contributed by atoms with Gasteiger partial charge in [-0.1, -0.05) is 13.8 Å². The lowest BCUT2D eigenvalue weighted by atomic mass is 9.93. The van der Waals surface area contributed by atoms with E-state index in [0.717, 1.165) is 37.4 Å². The molecule has 2 N–H and O–H groups in total. The summed E-state index contributed by atoms with van der Waals surface area (Å²) in [5.41, 5.74) is 2.23. The molecule has 0 spiro atoms. The van der Waals surface area contributed by atoms with Crippen LogP contribution in [0, 0.1) is 5.82 Å². The van der Waals surface area contributed by atoms with Gasteiger partial charge in [0.25, 0.3) is 0 Å². The maximum atomic E-state index is 13.6. The Morgan fingerprint density at radius 2 is 1.83 bits per heavy atom. The highest BCUT2D eigenvalue weighted by molar-refractivity contribution is 7.59. The first kappa shape index (κ1) is 23.4. The van der Waals surface area contributed by atoms with Gasteiger partial charge in [0.05, 0.1) is 18.5 Å². The number of aliphatic hydroxyl groups excluding tert-OH is 1. The molecular formula is C19H27FN6OS2. The molecule has 1 aliphatic carbocycles. The van der Waals surface area contributed by atoms with Gasteiger partial charge in [-0.05, 0) is 37.7 Å². The summed E-state index contributed by atoms with van der Waals surface area (Å²) in [5, 5.41) is 17.6. The zero-order chi connectivity index (χ0) is 19.0. The minimum Gasteiger partial charge on any atom is -0.393 e. The van der Waals surface area contributed by atoms with E-state index in [4.69, 9.17) is 0 Å². The molecule has 3 aromatic heterocycles. The summed E-state index contributed by atoms with van der Waals surface area (Å²) < 4.78 is 15.4. The van der Waals surface area contributed by atoms with Crippen LogP contribution >= 0.6 is 27.0 Å². The molecule has 0 unspecified atom stereocenters. The third kappa shape index (κ3) is 4.99. The Balaban J connectivity index is 0.00000150. The number of hydrogen-bond acceptors (Lipinski definition) is 6. The van der Waals surface area contributed by atoms with Crippen LogP contribution in [-0.2, 0) is 0 Å². The summed E-state index contributed by atoms with van der Waals surface area (Å²) in [7, 11) is 0. The molecule has 0 radical (unpaired) electrons. The zero-order valence-electron chi connectivity index (χ0n) is 16.4. The molecule has 0 aromatic carbocycles. The van der Waals surface area contributed by atoms with Crippen LogP contribution in [0.4, 0.5) is 10.3 Å². The van der Waals surface area contributed by atoms with Gasteiger partial charge < -0.3 is 10.4 Å². The molecule has 0 saturated heterocycles. The minimum atomic E-state index is -0.427. The lowest BCUT2D eigenvalue weighted by Crippen LogP contribution is -2.29. The van der Waals surface area contributed by atoms with Crippen molar-refractivity contribution in [3.05, 3.63) is 36.0 Å².